The summed E-state index contributed by atoms with van der Waals surface area (Å²) in [5.41, 5.74) is 9.26. The Labute approximate surface area is 194 Å². The van der Waals surface area contributed by atoms with Gasteiger partial charge in [0.05, 0.1) is 12.6 Å². The van der Waals surface area contributed by atoms with Crippen molar-refractivity contribution in [2.75, 3.05) is 12.4 Å². The molecular formula is C28H30FNOS. The number of halogens is 1. The van der Waals surface area contributed by atoms with E-state index < -0.39 is 0 Å². The number of ether oxygens (including phenoxy) is 1. The van der Waals surface area contributed by atoms with Crippen molar-refractivity contribution in [3.63, 3.8) is 0 Å². The van der Waals surface area contributed by atoms with E-state index in [0.29, 0.717) is 5.75 Å². The summed E-state index contributed by atoms with van der Waals surface area (Å²) >= 11 is 1.84. The summed E-state index contributed by atoms with van der Waals surface area (Å²) in [6, 6.07) is 15.6. The second-order valence-electron chi connectivity index (χ2n) is 9.09. The molecule has 1 heterocycles. The Balaban J connectivity index is 1.88. The average Bonchev–Trinajstić information content (AvgIpc) is 2.73. The summed E-state index contributed by atoms with van der Waals surface area (Å²) in [6.07, 6.45) is 2.28. The van der Waals surface area contributed by atoms with Gasteiger partial charge < -0.3 is 10.1 Å². The van der Waals surface area contributed by atoms with Crippen LogP contribution in [0.5, 0.6) is 5.75 Å². The number of thioether (sulfide) groups is 1. The number of benzene rings is 3. The standard InChI is InChI=1S/C28H30FNOS/c1-17-7-8-18(2)26(13-17)32-16-23-21(22-10-9-20(29)14-25(22)31-6)11-12-24-27(23)19(3)15-28(4,5)30-24/h7-15,30H,16H2,1-6H3. The minimum Gasteiger partial charge on any atom is -0.496 e. The van der Waals surface area contributed by atoms with E-state index in [2.05, 4.69) is 76.3 Å². The van der Waals surface area contributed by atoms with E-state index in [4.69, 9.17) is 4.74 Å². The molecule has 0 radical (unpaired) electrons. The zero-order valence-electron chi connectivity index (χ0n) is 19.6. The van der Waals surface area contributed by atoms with Gasteiger partial charge in [0.2, 0.25) is 0 Å². The van der Waals surface area contributed by atoms with E-state index >= 15 is 0 Å². The molecule has 4 rings (SSSR count). The minimum absolute atomic E-state index is 0.107. The lowest BCUT2D eigenvalue weighted by Crippen LogP contribution is -2.31. The summed E-state index contributed by atoms with van der Waals surface area (Å²) in [4.78, 5) is 1.28. The average molecular weight is 448 g/mol. The SMILES string of the molecule is COc1cc(F)ccc1-c1ccc2c(c1CSc1cc(C)ccc1C)C(C)=CC(C)(C)N2. The molecule has 3 aromatic rings. The number of rotatable bonds is 5. The molecule has 0 fully saturated rings. The molecule has 2 nitrogen and oxygen atoms in total. The Morgan fingerprint density at radius 3 is 2.47 bits per heavy atom. The van der Waals surface area contributed by atoms with Gasteiger partial charge in [-0.25, -0.2) is 4.39 Å². The first-order valence-electron chi connectivity index (χ1n) is 10.9. The van der Waals surface area contributed by atoms with Gasteiger partial charge >= 0.3 is 0 Å². The van der Waals surface area contributed by atoms with Gasteiger partial charge in [-0.3, -0.25) is 0 Å². The first kappa shape index (κ1) is 22.5. The van der Waals surface area contributed by atoms with E-state index in [9.17, 15) is 4.39 Å². The molecule has 0 aliphatic carbocycles. The molecular weight excluding hydrogens is 417 g/mol. The predicted octanol–water partition coefficient (Wildman–Crippen LogP) is 8.02. The number of allylic oxidation sites excluding steroid dienone is 1. The van der Waals surface area contributed by atoms with Gasteiger partial charge in [0, 0.05) is 33.5 Å². The molecule has 0 bridgehead atoms. The van der Waals surface area contributed by atoms with E-state index in [-0.39, 0.29) is 11.4 Å². The third kappa shape index (κ3) is 4.42. The molecule has 0 aromatic heterocycles. The first-order valence-corrected chi connectivity index (χ1v) is 11.8. The monoisotopic (exact) mass is 447 g/mol. The fraction of sp³-hybridized carbons (Fsp3) is 0.286. The van der Waals surface area contributed by atoms with Gasteiger partial charge in [-0.2, -0.15) is 0 Å². The Hall–Kier alpha value is -2.72. The molecule has 3 aromatic carbocycles. The van der Waals surface area contributed by atoms with Crippen LogP contribution in [0.15, 0.2) is 59.5 Å². The van der Waals surface area contributed by atoms with Crippen LogP contribution in [0.25, 0.3) is 16.7 Å². The van der Waals surface area contributed by atoms with Crippen LogP contribution < -0.4 is 10.1 Å². The van der Waals surface area contributed by atoms with Crippen molar-refractivity contribution in [2.24, 2.45) is 0 Å². The quantitative estimate of drug-likeness (QED) is 0.400. The van der Waals surface area contributed by atoms with Gasteiger partial charge in [0.1, 0.15) is 11.6 Å². The molecule has 0 spiro atoms. The summed E-state index contributed by atoms with van der Waals surface area (Å²) in [6.45, 7) is 10.8. The number of nitrogens with one attached hydrogen (secondary N) is 1. The van der Waals surface area contributed by atoms with Crippen molar-refractivity contribution in [1.82, 2.24) is 0 Å². The molecule has 166 valence electrons. The number of anilines is 1. The molecule has 32 heavy (non-hydrogen) atoms. The van der Waals surface area contributed by atoms with Crippen molar-refractivity contribution in [3.8, 4) is 16.9 Å². The van der Waals surface area contributed by atoms with Crippen molar-refractivity contribution < 1.29 is 9.13 Å². The molecule has 0 saturated carbocycles. The summed E-state index contributed by atoms with van der Waals surface area (Å²) in [5, 5.41) is 3.67. The minimum atomic E-state index is -0.297. The summed E-state index contributed by atoms with van der Waals surface area (Å²) < 4.78 is 19.5. The molecule has 0 amide bonds. The molecule has 1 aliphatic rings. The van der Waals surface area contributed by atoms with E-state index in [1.165, 1.54) is 44.9 Å². The lowest BCUT2D eigenvalue weighted by Gasteiger charge is -2.33. The number of hydrogen-bond donors (Lipinski definition) is 1. The van der Waals surface area contributed by atoms with Crippen molar-refractivity contribution in [2.45, 2.75) is 50.8 Å². The Kier molecular flexibility index (Phi) is 6.09. The van der Waals surface area contributed by atoms with Crippen LogP contribution in [0.1, 0.15) is 43.0 Å². The van der Waals surface area contributed by atoms with E-state index in [1.807, 2.05) is 17.8 Å². The maximum atomic E-state index is 13.9. The fourth-order valence-electron chi connectivity index (χ4n) is 4.50. The number of hydrogen-bond acceptors (Lipinski definition) is 3. The van der Waals surface area contributed by atoms with Gasteiger partial charge in [-0.05, 0) is 81.1 Å². The van der Waals surface area contributed by atoms with Crippen molar-refractivity contribution in [3.05, 3.63) is 82.7 Å². The van der Waals surface area contributed by atoms with E-state index in [0.717, 1.165) is 22.6 Å². The van der Waals surface area contributed by atoms with Crippen LogP contribution in [0.2, 0.25) is 0 Å². The highest BCUT2D eigenvalue weighted by molar-refractivity contribution is 7.98. The van der Waals surface area contributed by atoms with Crippen molar-refractivity contribution >= 4 is 23.0 Å². The molecule has 0 saturated heterocycles. The molecule has 1 aliphatic heterocycles. The van der Waals surface area contributed by atoms with Crippen LogP contribution in [0.3, 0.4) is 0 Å². The van der Waals surface area contributed by atoms with Gasteiger partial charge in [-0.15, -0.1) is 11.8 Å². The maximum absolute atomic E-state index is 13.9. The van der Waals surface area contributed by atoms with Crippen molar-refractivity contribution in [1.29, 1.82) is 0 Å². The lowest BCUT2D eigenvalue weighted by molar-refractivity contribution is 0.413. The number of methoxy groups -OCH3 is 1. The van der Waals surface area contributed by atoms with Gasteiger partial charge in [-0.1, -0.05) is 29.8 Å². The van der Waals surface area contributed by atoms with Gasteiger partial charge in [0.25, 0.3) is 0 Å². The smallest absolute Gasteiger partial charge is 0.129 e. The van der Waals surface area contributed by atoms with Gasteiger partial charge in [0.15, 0.2) is 0 Å². The number of aryl methyl sites for hydroxylation is 2. The normalized spacial score (nSPS) is 14.4. The topological polar surface area (TPSA) is 21.3 Å². The maximum Gasteiger partial charge on any atom is 0.129 e. The summed E-state index contributed by atoms with van der Waals surface area (Å²) in [7, 11) is 1.59. The lowest BCUT2D eigenvalue weighted by atomic mass is 9.85. The molecule has 4 heteroatoms. The highest BCUT2D eigenvalue weighted by atomic mass is 32.2. The predicted molar refractivity (Wildman–Crippen MR) is 135 cm³/mol. The Morgan fingerprint density at radius 1 is 0.969 bits per heavy atom. The number of fused-ring (bicyclic) bond motifs is 1. The molecule has 0 atom stereocenters. The zero-order valence-corrected chi connectivity index (χ0v) is 20.4. The summed E-state index contributed by atoms with van der Waals surface area (Å²) in [5.74, 6) is 1.06. The third-order valence-electron chi connectivity index (χ3n) is 5.91. The Morgan fingerprint density at radius 2 is 1.72 bits per heavy atom. The molecule has 0 unspecified atom stereocenters. The third-order valence-corrected chi connectivity index (χ3v) is 7.09. The fourth-order valence-corrected chi connectivity index (χ4v) is 5.67. The second-order valence-corrected chi connectivity index (χ2v) is 10.1. The highest BCUT2D eigenvalue weighted by Gasteiger charge is 2.26. The Bertz CT molecular complexity index is 1210. The second kappa shape index (κ2) is 8.67. The van der Waals surface area contributed by atoms with Crippen LogP contribution in [0.4, 0.5) is 10.1 Å². The van der Waals surface area contributed by atoms with Crippen LogP contribution in [-0.2, 0) is 5.75 Å². The molecule has 1 N–H and O–H groups in total. The largest absolute Gasteiger partial charge is 0.496 e. The first-order chi connectivity index (χ1) is 15.2. The van der Waals surface area contributed by atoms with E-state index in [1.54, 1.807) is 7.11 Å². The van der Waals surface area contributed by atoms with Crippen LogP contribution >= 0.6 is 11.8 Å². The highest BCUT2D eigenvalue weighted by Crippen LogP contribution is 2.44. The van der Waals surface area contributed by atoms with Crippen LogP contribution in [-0.4, -0.2) is 12.6 Å². The zero-order chi connectivity index (χ0) is 23.0. The van der Waals surface area contributed by atoms with Crippen LogP contribution in [0, 0.1) is 19.7 Å².